The molecule has 20 heavy (non-hydrogen) atoms. The number of rotatable bonds is 4. The molecule has 112 valence electrons. The van der Waals surface area contributed by atoms with E-state index in [2.05, 4.69) is 25.2 Å². The summed E-state index contributed by atoms with van der Waals surface area (Å²) in [6.07, 6.45) is 8.26. The van der Waals surface area contributed by atoms with E-state index >= 15 is 0 Å². The van der Waals surface area contributed by atoms with E-state index in [9.17, 15) is 0 Å². The van der Waals surface area contributed by atoms with Gasteiger partial charge < -0.3 is 5.32 Å². The van der Waals surface area contributed by atoms with Gasteiger partial charge in [-0.05, 0) is 44.2 Å². The fourth-order valence-corrected chi connectivity index (χ4v) is 3.76. The van der Waals surface area contributed by atoms with Crippen molar-refractivity contribution in [1.29, 1.82) is 0 Å². The molecule has 0 heterocycles. The van der Waals surface area contributed by atoms with E-state index in [-0.39, 0.29) is 6.04 Å². The highest BCUT2D eigenvalue weighted by Crippen LogP contribution is 2.31. The lowest BCUT2D eigenvalue weighted by Crippen LogP contribution is -2.35. The normalized spacial score (nSPS) is 20.4. The number of halogens is 2. The van der Waals surface area contributed by atoms with Gasteiger partial charge in [-0.1, -0.05) is 61.0 Å². The van der Waals surface area contributed by atoms with Gasteiger partial charge in [0.15, 0.2) is 0 Å². The second-order valence-corrected chi connectivity index (χ2v) is 6.86. The van der Waals surface area contributed by atoms with E-state index in [1.54, 1.807) is 0 Å². The zero-order valence-electron chi connectivity index (χ0n) is 12.5. The Hall–Kier alpha value is -0.240. The summed E-state index contributed by atoms with van der Waals surface area (Å²) in [6, 6.07) is 6.64. The molecule has 1 unspecified atom stereocenters. The summed E-state index contributed by atoms with van der Waals surface area (Å²) in [5.41, 5.74) is 1.10. The van der Waals surface area contributed by atoms with E-state index in [4.69, 9.17) is 23.2 Å². The van der Waals surface area contributed by atoms with Gasteiger partial charge in [-0.15, -0.1) is 0 Å². The predicted molar refractivity (Wildman–Crippen MR) is 88.7 cm³/mol. The Bertz CT molecular complexity index is 425. The van der Waals surface area contributed by atoms with Crippen LogP contribution in [0.15, 0.2) is 18.2 Å². The van der Waals surface area contributed by atoms with Crippen molar-refractivity contribution in [3.63, 3.8) is 0 Å². The molecule has 1 aromatic carbocycles. The van der Waals surface area contributed by atoms with Crippen LogP contribution in [0.5, 0.6) is 0 Å². The second-order valence-electron chi connectivity index (χ2n) is 6.07. The lowest BCUT2D eigenvalue weighted by Gasteiger charge is -2.28. The van der Waals surface area contributed by atoms with E-state index in [0.29, 0.717) is 16.1 Å². The highest BCUT2D eigenvalue weighted by Gasteiger charge is 2.21. The first-order valence-corrected chi connectivity index (χ1v) is 8.55. The molecule has 0 spiro atoms. The topological polar surface area (TPSA) is 12.0 Å². The minimum absolute atomic E-state index is 0.236. The van der Waals surface area contributed by atoms with Crippen molar-refractivity contribution in [2.45, 2.75) is 64.5 Å². The average Bonchev–Trinajstić information content (AvgIpc) is 2.70. The summed E-state index contributed by atoms with van der Waals surface area (Å²) in [4.78, 5) is 0. The van der Waals surface area contributed by atoms with E-state index < -0.39 is 0 Å². The quantitative estimate of drug-likeness (QED) is 0.672. The molecule has 1 saturated carbocycles. The monoisotopic (exact) mass is 313 g/mol. The number of nitrogens with one attached hydrogen (secondary N) is 1. The maximum absolute atomic E-state index is 6.31. The smallest absolute Gasteiger partial charge is 0.0639 e. The molecule has 0 aromatic heterocycles. The van der Waals surface area contributed by atoms with Crippen LogP contribution >= 0.6 is 23.2 Å². The maximum Gasteiger partial charge on any atom is 0.0639 e. The van der Waals surface area contributed by atoms with Crippen LogP contribution in [-0.2, 0) is 0 Å². The molecule has 3 heteroatoms. The largest absolute Gasteiger partial charge is 0.307 e. The van der Waals surface area contributed by atoms with Gasteiger partial charge in [-0.2, -0.15) is 0 Å². The maximum atomic E-state index is 6.31. The van der Waals surface area contributed by atoms with Crippen molar-refractivity contribution in [3.8, 4) is 0 Å². The molecule has 1 fully saturated rings. The minimum Gasteiger partial charge on any atom is -0.307 e. The number of hydrogen-bond donors (Lipinski definition) is 1. The van der Waals surface area contributed by atoms with Crippen LogP contribution in [-0.4, -0.2) is 6.04 Å². The lowest BCUT2D eigenvalue weighted by atomic mass is 9.92. The van der Waals surface area contributed by atoms with Crippen LogP contribution in [0.1, 0.15) is 64.0 Å². The summed E-state index contributed by atoms with van der Waals surface area (Å²) in [5, 5.41) is 5.04. The molecule has 1 aliphatic rings. The zero-order valence-corrected chi connectivity index (χ0v) is 14.0. The Labute approximate surface area is 133 Å². The molecule has 1 aromatic rings. The van der Waals surface area contributed by atoms with Crippen LogP contribution < -0.4 is 5.32 Å². The Morgan fingerprint density at radius 3 is 2.35 bits per heavy atom. The van der Waals surface area contributed by atoms with Gasteiger partial charge in [0.2, 0.25) is 0 Å². The van der Waals surface area contributed by atoms with Gasteiger partial charge in [0.1, 0.15) is 0 Å². The Morgan fingerprint density at radius 1 is 1.05 bits per heavy atom. The van der Waals surface area contributed by atoms with E-state index in [0.717, 1.165) is 11.5 Å². The number of benzene rings is 1. The van der Waals surface area contributed by atoms with Crippen molar-refractivity contribution in [3.05, 3.63) is 33.8 Å². The van der Waals surface area contributed by atoms with Crippen LogP contribution in [0.2, 0.25) is 10.0 Å². The van der Waals surface area contributed by atoms with Crippen molar-refractivity contribution >= 4 is 23.2 Å². The Balaban J connectivity index is 1.99. The summed E-state index contributed by atoms with van der Waals surface area (Å²) < 4.78 is 0. The fourth-order valence-electron chi connectivity index (χ4n) is 3.29. The van der Waals surface area contributed by atoms with Crippen molar-refractivity contribution < 1.29 is 0 Å². The van der Waals surface area contributed by atoms with Gasteiger partial charge in [0.05, 0.1) is 10.0 Å². The zero-order chi connectivity index (χ0) is 14.5. The highest BCUT2D eigenvalue weighted by atomic mass is 35.5. The summed E-state index contributed by atoms with van der Waals surface area (Å²) in [6.45, 7) is 4.48. The number of hydrogen-bond acceptors (Lipinski definition) is 1. The van der Waals surface area contributed by atoms with Gasteiger partial charge in [-0.3, -0.25) is 0 Å². The summed E-state index contributed by atoms with van der Waals surface area (Å²) in [7, 11) is 0. The molecule has 1 aliphatic carbocycles. The first kappa shape index (κ1) is 16.1. The molecule has 0 saturated heterocycles. The molecule has 0 aliphatic heterocycles. The van der Waals surface area contributed by atoms with Crippen LogP contribution in [0.3, 0.4) is 0 Å². The lowest BCUT2D eigenvalue weighted by molar-refractivity contribution is 0.316. The fraction of sp³-hybridized carbons (Fsp3) is 0.647. The predicted octanol–water partition coefficient (Wildman–Crippen LogP) is 6.00. The second kappa shape index (κ2) is 7.68. The van der Waals surface area contributed by atoms with Crippen LogP contribution in [0.4, 0.5) is 0 Å². The van der Waals surface area contributed by atoms with Crippen molar-refractivity contribution in [2.75, 3.05) is 0 Å². The SMILES string of the molecule is CC(N[C@H](C)C1CCCCCC1)c1cccc(Cl)c1Cl. The van der Waals surface area contributed by atoms with E-state index in [1.807, 2.05) is 12.1 Å². The molecule has 0 bridgehead atoms. The molecule has 2 rings (SSSR count). The summed E-state index contributed by atoms with van der Waals surface area (Å²) in [5.74, 6) is 0.790. The third-order valence-electron chi connectivity index (χ3n) is 4.57. The first-order valence-electron chi connectivity index (χ1n) is 7.79. The molecule has 0 amide bonds. The molecular formula is C17H25Cl2N. The van der Waals surface area contributed by atoms with Gasteiger partial charge in [0, 0.05) is 12.1 Å². The van der Waals surface area contributed by atoms with E-state index in [1.165, 1.54) is 38.5 Å². The molecular weight excluding hydrogens is 289 g/mol. The molecule has 2 atom stereocenters. The average molecular weight is 314 g/mol. The first-order chi connectivity index (χ1) is 9.59. The third-order valence-corrected chi connectivity index (χ3v) is 5.40. The standard InChI is InChI=1S/C17H25Cl2N/c1-12(14-8-5-3-4-6-9-14)20-13(2)15-10-7-11-16(18)17(15)19/h7,10-14,20H,3-6,8-9H2,1-2H3/t12-,13?/m1/s1. The third kappa shape index (κ3) is 4.13. The molecule has 0 radical (unpaired) electrons. The van der Waals surface area contributed by atoms with Crippen molar-refractivity contribution in [1.82, 2.24) is 5.32 Å². The minimum atomic E-state index is 0.236. The van der Waals surface area contributed by atoms with Gasteiger partial charge >= 0.3 is 0 Å². The Kier molecular flexibility index (Phi) is 6.20. The van der Waals surface area contributed by atoms with Crippen molar-refractivity contribution in [2.24, 2.45) is 5.92 Å². The Morgan fingerprint density at radius 2 is 1.70 bits per heavy atom. The molecule has 1 N–H and O–H groups in total. The van der Waals surface area contributed by atoms with Crippen LogP contribution in [0, 0.1) is 5.92 Å². The van der Waals surface area contributed by atoms with Crippen LogP contribution in [0.25, 0.3) is 0 Å². The van der Waals surface area contributed by atoms with Gasteiger partial charge in [0.25, 0.3) is 0 Å². The summed E-state index contributed by atoms with van der Waals surface area (Å²) >= 11 is 12.4. The molecule has 1 nitrogen and oxygen atoms in total. The highest BCUT2D eigenvalue weighted by molar-refractivity contribution is 6.42. The van der Waals surface area contributed by atoms with Gasteiger partial charge in [-0.25, -0.2) is 0 Å².